The van der Waals surface area contributed by atoms with Crippen molar-refractivity contribution in [1.29, 1.82) is 0 Å². The average molecular weight is 447 g/mol. The van der Waals surface area contributed by atoms with Crippen LogP contribution in [-0.4, -0.2) is 58.4 Å². The highest BCUT2D eigenvalue weighted by Gasteiger charge is 2.25. The fourth-order valence-electron chi connectivity index (χ4n) is 3.93. The van der Waals surface area contributed by atoms with E-state index in [0.29, 0.717) is 31.5 Å². The largest absolute Gasteiger partial charge is 0.861 e. The Balaban J connectivity index is 1.18. The lowest BCUT2D eigenvalue weighted by molar-refractivity contribution is -0.759. The van der Waals surface area contributed by atoms with Gasteiger partial charge in [0, 0.05) is 22.3 Å². The highest BCUT2D eigenvalue weighted by atomic mass is 32.2. The van der Waals surface area contributed by atoms with Crippen LogP contribution < -0.4 is 14.9 Å². The third-order valence-corrected chi connectivity index (χ3v) is 6.19. The summed E-state index contributed by atoms with van der Waals surface area (Å²) in [5.74, 6) is -0.150. The average Bonchev–Trinajstić information content (AvgIpc) is 3.43. The topological polar surface area (TPSA) is 116 Å². The number of aliphatic imine (C=N–C) groups is 1. The van der Waals surface area contributed by atoms with E-state index in [1.165, 1.54) is 11.8 Å². The SMILES string of the molecule is [O-]/C(CSc1nnc2c(n1)-c1cccc3cccc-2c13)=N/c1c[n+](N2CCOCC2)no1. The first-order valence-corrected chi connectivity index (χ1v) is 11.1. The van der Waals surface area contributed by atoms with Crippen molar-refractivity contribution in [2.24, 2.45) is 4.99 Å². The van der Waals surface area contributed by atoms with Crippen LogP contribution in [0, 0.1) is 0 Å². The normalized spacial score (nSPS) is 15.4. The summed E-state index contributed by atoms with van der Waals surface area (Å²) in [6.07, 6.45) is 1.58. The molecule has 2 aromatic heterocycles. The van der Waals surface area contributed by atoms with Crippen LogP contribution in [0.1, 0.15) is 0 Å². The molecule has 2 aromatic carbocycles. The minimum Gasteiger partial charge on any atom is -0.861 e. The lowest BCUT2D eigenvalue weighted by Gasteiger charge is -2.18. The van der Waals surface area contributed by atoms with Gasteiger partial charge in [0.25, 0.3) is 6.20 Å². The van der Waals surface area contributed by atoms with Gasteiger partial charge in [-0.1, -0.05) is 48.2 Å². The first-order valence-electron chi connectivity index (χ1n) is 10.1. The Bertz CT molecular complexity index is 1350. The number of benzene rings is 2. The zero-order valence-corrected chi connectivity index (χ0v) is 17.7. The van der Waals surface area contributed by atoms with Crippen molar-refractivity contribution in [2.75, 3.05) is 37.1 Å². The van der Waals surface area contributed by atoms with Crippen LogP contribution >= 0.6 is 11.8 Å². The second-order valence-electron chi connectivity index (χ2n) is 7.32. The summed E-state index contributed by atoms with van der Waals surface area (Å²) in [5.41, 5.74) is 3.64. The smallest absolute Gasteiger partial charge is 0.324 e. The first-order chi connectivity index (χ1) is 15.8. The summed E-state index contributed by atoms with van der Waals surface area (Å²) in [6, 6.07) is 12.2. The molecule has 2 aliphatic rings. The molecule has 3 heterocycles. The zero-order valence-electron chi connectivity index (χ0n) is 16.8. The zero-order chi connectivity index (χ0) is 21.5. The minimum atomic E-state index is -0.366. The number of rotatable bonds is 5. The van der Waals surface area contributed by atoms with Gasteiger partial charge in [-0.05, 0) is 11.3 Å². The molecule has 1 fully saturated rings. The van der Waals surface area contributed by atoms with Gasteiger partial charge in [0.1, 0.15) is 11.4 Å². The van der Waals surface area contributed by atoms with Crippen molar-refractivity contribution in [1.82, 2.24) is 20.5 Å². The van der Waals surface area contributed by atoms with Crippen molar-refractivity contribution in [2.45, 2.75) is 5.16 Å². The van der Waals surface area contributed by atoms with Crippen LogP contribution in [0.5, 0.6) is 0 Å². The van der Waals surface area contributed by atoms with E-state index in [9.17, 15) is 5.11 Å². The van der Waals surface area contributed by atoms with E-state index in [1.807, 2.05) is 29.3 Å². The lowest BCUT2D eigenvalue weighted by Crippen LogP contribution is -2.62. The number of morpholine rings is 1. The van der Waals surface area contributed by atoms with E-state index in [1.54, 1.807) is 11.0 Å². The standard InChI is InChI=1S/C21H17N7O3S/c29-16(22-17-11-28(26-31-17)27-7-9-30-10-8-27)12-32-21-23-19-14-5-1-3-13-4-2-6-15(18(13)14)20(19)24-25-21/h1-6,11H,7-10,12H2. The summed E-state index contributed by atoms with van der Waals surface area (Å²) >= 11 is 1.19. The minimum absolute atomic E-state index is 0.0653. The van der Waals surface area contributed by atoms with E-state index in [2.05, 4.69) is 37.6 Å². The maximum absolute atomic E-state index is 12.3. The Hall–Kier alpha value is -3.57. The number of nitrogens with zero attached hydrogens (tertiary/aromatic N) is 7. The molecule has 32 heavy (non-hydrogen) atoms. The molecule has 10 nitrogen and oxygen atoms in total. The van der Waals surface area contributed by atoms with E-state index < -0.39 is 0 Å². The molecule has 0 N–H and O–H groups in total. The van der Waals surface area contributed by atoms with Gasteiger partial charge in [-0.15, -0.1) is 15.2 Å². The van der Waals surface area contributed by atoms with Gasteiger partial charge in [0.2, 0.25) is 10.4 Å². The number of aromatic nitrogens is 5. The molecule has 1 aliphatic heterocycles. The molecule has 1 saturated heterocycles. The van der Waals surface area contributed by atoms with Gasteiger partial charge in [-0.2, -0.15) is 0 Å². The van der Waals surface area contributed by atoms with Gasteiger partial charge < -0.3 is 9.84 Å². The van der Waals surface area contributed by atoms with Gasteiger partial charge >= 0.3 is 5.88 Å². The van der Waals surface area contributed by atoms with Crippen LogP contribution in [0.25, 0.3) is 33.3 Å². The summed E-state index contributed by atoms with van der Waals surface area (Å²) in [6.45, 7) is 2.63. The third-order valence-electron chi connectivity index (χ3n) is 5.36. The van der Waals surface area contributed by atoms with E-state index in [4.69, 9.17) is 9.26 Å². The summed E-state index contributed by atoms with van der Waals surface area (Å²) < 4.78 is 10.5. The number of fused-ring (bicyclic) bond motifs is 3. The molecule has 160 valence electrons. The van der Waals surface area contributed by atoms with Crippen LogP contribution in [0.15, 0.2) is 57.3 Å². The summed E-state index contributed by atoms with van der Waals surface area (Å²) in [5, 5.41) is 29.5. The Labute approximate surface area is 186 Å². The van der Waals surface area contributed by atoms with E-state index in [0.717, 1.165) is 33.3 Å². The summed E-state index contributed by atoms with van der Waals surface area (Å²) in [7, 11) is 0. The molecule has 0 atom stereocenters. The fraction of sp³-hybridized carbons (Fsp3) is 0.238. The van der Waals surface area contributed by atoms with Crippen molar-refractivity contribution in [3.8, 4) is 22.5 Å². The summed E-state index contributed by atoms with van der Waals surface area (Å²) in [4.78, 5) is 10.2. The molecule has 0 saturated carbocycles. The number of hydrogen-bond donors (Lipinski definition) is 0. The van der Waals surface area contributed by atoms with Crippen molar-refractivity contribution in [3.63, 3.8) is 0 Å². The van der Waals surface area contributed by atoms with Gasteiger partial charge in [0.05, 0.1) is 31.1 Å². The van der Waals surface area contributed by atoms with Gasteiger partial charge in [-0.25, -0.2) is 9.98 Å². The molecule has 4 aromatic rings. The van der Waals surface area contributed by atoms with Crippen molar-refractivity contribution < 1.29 is 19.2 Å². The predicted octanol–water partition coefficient (Wildman–Crippen LogP) is 1.10. The van der Waals surface area contributed by atoms with Gasteiger partial charge in [0.15, 0.2) is 0 Å². The Morgan fingerprint density at radius 2 is 1.88 bits per heavy atom. The molecule has 6 rings (SSSR count). The Kier molecular flexibility index (Phi) is 4.69. The van der Waals surface area contributed by atoms with Crippen LogP contribution in [0.3, 0.4) is 0 Å². The fourth-order valence-corrected chi connectivity index (χ4v) is 4.50. The molecule has 0 radical (unpaired) electrons. The van der Waals surface area contributed by atoms with Crippen molar-refractivity contribution in [3.05, 3.63) is 42.6 Å². The number of hydrogen-bond acceptors (Lipinski definition) is 10. The van der Waals surface area contributed by atoms with Gasteiger partial charge in [-0.3, -0.25) is 4.52 Å². The number of ether oxygens (including phenoxy) is 1. The Morgan fingerprint density at radius 3 is 2.69 bits per heavy atom. The lowest BCUT2D eigenvalue weighted by atomic mass is 10.0. The van der Waals surface area contributed by atoms with E-state index in [-0.39, 0.29) is 17.5 Å². The molecule has 0 spiro atoms. The predicted molar refractivity (Wildman–Crippen MR) is 115 cm³/mol. The second-order valence-corrected chi connectivity index (χ2v) is 8.26. The molecular weight excluding hydrogens is 430 g/mol. The molecule has 0 amide bonds. The highest BCUT2D eigenvalue weighted by Crippen LogP contribution is 2.44. The van der Waals surface area contributed by atoms with Crippen LogP contribution in [-0.2, 0) is 4.74 Å². The quantitative estimate of drug-likeness (QED) is 0.169. The molecule has 1 aliphatic carbocycles. The van der Waals surface area contributed by atoms with Crippen LogP contribution in [0.2, 0.25) is 0 Å². The second kappa shape index (κ2) is 7.84. The van der Waals surface area contributed by atoms with Crippen molar-refractivity contribution >= 4 is 34.3 Å². The molecule has 0 unspecified atom stereocenters. The first kappa shape index (κ1) is 19.1. The number of thioether (sulfide) groups is 1. The molecule has 11 heteroatoms. The third kappa shape index (κ3) is 3.35. The molecule has 0 bridgehead atoms. The molecular formula is C21H17N7O3S. The van der Waals surface area contributed by atoms with Crippen LogP contribution in [0.4, 0.5) is 5.88 Å². The Morgan fingerprint density at radius 1 is 1.09 bits per heavy atom. The highest BCUT2D eigenvalue weighted by molar-refractivity contribution is 7.99. The van der Waals surface area contributed by atoms with E-state index >= 15 is 0 Å². The monoisotopic (exact) mass is 447 g/mol. The maximum Gasteiger partial charge on any atom is 0.324 e. The maximum atomic E-state index is 12.3.